The van der Waals surface area contributed by atoms with Crippen molar-refractivity contribution in [3.8, 4) is 28.3 Å². The summed E-state index contributed by atoms with van der Waals surface area (Å²) in [7, 11) is 0. The number of hydrogen-bond donors (Lipinski definition) is 2. The molecule has 0 atom stereocenters. The molecule has 0 aliphatic carbocycles. The molecular weight excluding hydrogens is 563 g/mol. The molecule has 0 bridgehead atoms. The van der Waals surface area contributed by atoms with Gasteiger partial charge in [-0.25, -0.2) is 9.78 Å². The molecule has 2 aromatic heterocycles. The molecule has 0 aliphatic rings. The third-order valence-electron chi connectivity index (χ3n) is 6.36. The Bertz CT molecular complexity index is 1800. The lowest BCUT2D eigenvalue weighted by atomic mass is 10.0. The summed E-state index contributed by atoms with van der Waals surface area (Å²) in [6.07, 6.45) is -2.89. The zero-order chi connectivity index (χ0) is 30.6. The third-order valence-corrected chi connectivity index (χ3v) is 6.36. The molecule has 9 nitrogen and oxygen atoms in total. The van der Waals surface area contributed by atoms with Crippen LogP contribution in [0, 0.1) is 6.92 Å². The Kier molecular flexibility index (Phi) is 8.28. The maximum absolute atomic E-state index is 14.2. The van der Waals surface area contributed by atoms with Crippen LogP contribution in [-0.4, -0.2) is 27.4 Å². The summed E-state index contributed by atoms with van der Waals surface area (Å²) in [5, 5.41) is 9.71. The fourth-order valence-corrected chi connectivity index (χ4v) is 4.45. The van der Waals surface area contributed by atoms with Gasteiger partial charge in [0.25, 0.3) is 5.56 Å². The van der Waals surface area contributed by atoms with E-state index >= 15 is 0 Å². The first-order valence-corrected chi connectivity index (χ1v) is 13.2. The van der Waals surface area contributed by atoms with Gasteiger partial charge in [0.1, 0.15) is 12.3 Å². The highest BCUT2D eigenvalue weighted by atomic mass is 19.4. The van der Waals surface area contributed by atoms with Crippen LogP contribution in [0.3, 0.4) is 0 Å². The van der Waals surface area contributed by atoms with Gasteiger partial charge in [-0.2, -0.15) is 23.0 Å². The van der Waals surface area contributed by atoms with E-state index in [4.69, 9.17) is 9.15 Å². The summed E-state index contributed by atoms with van der Waals surface area (Å²) in [4.78, 5) is 29.9. The molecule has 0 radical (unpaired) electrons. The standard InChI is InChI=1S/C31H26F3N5O4/c1-3-36-26-15-25(21-11-19(2)12-22(13-21)28-16-35-18-43-28)38-39(29(26)40)27-14-23(9-10-24(27)31(32,33)34)37-30(41)42-17-20-7-5-4-6-8-20/h4-16,18,36H,3,17H2,1-2H3,(H,37,41). The Morgan fingerprint density at radius 3 is 2.49 bits per heavy atom. The monoisotopic (exact) mass is 589 g/mol. The lowest BCUT2D eigenvalue weighted by Gasteiger charge is -2.18. The molecule has 43 heavy (non-hydrogen) atoms. The minimum absolute atomic E-state index is 0.0201. The number of anilines is 2. The first kappa shape index (κ1) is 29.1. The average molecular weight is 590 g/mol. The van der Waals surface area contributed by atoms with Crippen molar-refractivity contribution < 1.29 is 27.1 Å². The molecule has 12 heteroatoms. The number of alkyl halides is 3. The van der Waals surface area contributed by atoms with Crippen molar-refractivity contribution in [3.63, 3.8) is 0 Å². The lowest BCUT2D eigenvalue weighted by Crippen LogP contribution is -2.27. The van der Waals surface area contributed by atoms with Gasteiger partial charge in [-0.1, -0.05) is 30.3 Å². The van der Waals surface area contributed by atoms with Crippen LogP contribution < -0.4 is 16.2 Å². The number of oxazole rings is 1. The van der Waals surface area contributed by atoms with E-state index in [0.717, 1.165) is 29.3 Å². The van der Waals surface area contributed by atoms with E-state index < -0.39 is 29.1 Å². The molecule has 0 unspecified atom stereocenters. The first-order chi connectivity index (χ1) is 20.6. The van der Waals surface area contributed by atoms with Gasteiger partial charge in [-0.15, -0.1) is 0 Å². The molecule has 0 spiro atoms. The van der Waals surface area contributed by atoms with Gasteiger partial charge in [-0.3, -0.25) is 10.1 Å². The molecule has 0 aliphatic heterocycles. The summed E-state index contributed by atoms with van der Waals surface area (Å²) in [5.41, 5.74) is 0.537. The van der Waals surface area contributed by atoms with E-state index in [1.165, 1.54) is 18.7 Å². The maximum atomic E-state index is 14.2. The molecule has 0 saturated carbocycles. The number of nitrogens with zero attached hydrogens (tertiary/aromatic N) is 3. The lowest BCUT2D eigenvalue weighted by molar-refractivity contribution is -0.137. The highest BCUT2D eigenvalue weighted by molar-refractivity contribution is 5.85. The fraction of sp³-hybridized carbons (Fsp3) is 0.161. The number of amides is 1. The summed E-state index contributed by atoms with van der Waals surface area (Å²) in [6.45, 7) is 3.89. The van der Waals surface area contributed by atoms with E-state index in [1.54, 1.807) is 43.3 Å². The number of aryl methyl sites for hydroxylation is 1. The SMILES string of the molecule is CCNc1cc(-c2cc(C)cc(-c3cnco3)c2)nn(-c2cc(NC(=O)OCc3ccccc3)ccc2C(F)(F)F)c1=O. The van der Waals surface area contributed by atoms with Crippen molar-refractivity contribution in [2.24, 2.45) is 0 Å². The average Bonchev–Trinajstić information content (AvgIpc) is 3.52. The Hall–Kier alpha value is -5.39. The Morgan fingerprint density at radius 2 is 1.79 bits per heavy atom. The highest BCUT2D eigenvalue weighted by Gasteiger charge is 2.35. The number of ether oxygens (including phenoxy) is 1. The van der Waals surface area contributed by atoms with Crippen LogP contribution in [0.5, 0.6) is 0 Å². The van der Waals surface area contributed by atoms with Crippen LogP contribution in [0.2, 0.25) is 0 Å². The van der Waals surface area contributed by atoms with E-state index in [2.05, 4.69) is 20.7 Å². The van der Waals surface area contributed by atoms with Crippen molar-refractivity contribution in [1.29, 1.82) is 0 Å². The maximum Gasteiger partial charge on any atom is 0.418 e. The number of carbonyl (C=O) groups is 1. The van der Waals surface area contributed by atoms with Gasteiger partial charge in [0, 0.05) is 23.4 Å². The van der Waals surface area contributed by atoms with Gasteiger partial charge in [0.15, 0.2) is 12.2 Å². The summed E-state index contributed by atoms with van der Waals surface area (Å²) >= 11 is 0. The minimum Gasteiger partial charge on any atom is -0.444 e. The zero-order valence-corrected chi connectivity index (χ0v) is 23.1. The molecule has 220 valence electrons. The Morgan fingerprint density at radius 1 is 1.02 bits per heavy atom. The van der Waals surface area contributed by atoms with Crippen LogP contribution in [0.15, 0.2) is 94.6 Å². The Balaban J connectivity index is 1.58. The van der Waals surface area contributed by atoms with Gasteiger partial charge >= 0.3 is 12.3 Å². The van der Waals surface area contributed by atoms with Crippen molar-refractivity contribution in [1.82, 2.24) is 14.8 Å². The van der Waals surface area contributed by atoms with Crippen LogP contribution in [0.1, 0.15) is 23.6 Å². The smallest absolute Gasteiger partial charge is 0.418 e. The second-order valence-corrected chi connectivity index (χ2v) is 9.56. The minimum atomic E-state index is -4.83. The van der Waals surface area contributed by atoms with E-state index in [0.29, 0.717) is 28.1 Å². The predicted molar refractivity (Wildman–Crippen MR) is 155 cm³/mol. The number of hydrogen-bond acceptors (Lipinski definition) is 7. The largest absolute Gasteiger partial charge is 0.444 e. The second-order valence-electron chi connectivity index (χ2n) is 9.56. The Labute approximate surface area is 244 Å². The van der Waals surface area contributed by atoms with Crippen LogP contribution >= 0.6 is 0 Å². The highest BCUT2D eigenvalue weighted by Crippen LogP contribution is 2.35. The van der Waals surface area contributed by atoms with E-state index in [9.17, 15) is 22.8 Å². The number of aromatic nitrogens is 3. The second kappa shape index (κ2) is 12.2. The first-order valence-electron chi connectivity index (χ1n) is 13.2. The predicted octanol–water partition coefficient (Wildman–Crippen LogP) is 7.06. The third kappa shape index (κ3) is 6.75. The van der Waals surface area contributed by atoms with Crippen molar-refractivity contribution >= 4 is 17.5 Å². The molecule has 2 heterocycles. The van der Waals surface area contributed by atoms with Crippen LogP contribution in [0.25, 0.3) is 28.3 Å². The normalized spacial score (nSPS) is 11.3. The molecule has 1 amide bonds. The molecule has 5 rings (SSSR count). The van der Waals surface area contributed by atoms with Gasteiger partial charge in [0.05, 0.1) is 23.1 Å². The van der Waals surface area contributed by atoms with Crippen molar-refractivity contribution in [3.05, 3.63) is 112 Å². The van der Waals surface area contributed by atoms with Gasteiger partial charge in [-0.05, 0) is 67.4 Å². The summed E-state index contributed by atoms with van der Waals surface area (Å²) < 4.78 is 53.9. The van der Waals surface area contributed by atoms with E-state index in [1.807, 2.05) is 19.1 Å². The van der Waals surface area contributed by atoms with Crippen LogP contribution in [0.4, 0.5) is 29.3 Å². The van der Waals surface area contributed by atoms with Crippen molar-refractivity contribution in [2.75, 3.05) is 17.2 Å². The molecule has 0 fully saturated rings. The number of halogens is 3. The fourth-order valence-electron chi connectivity index (χ4n) is 4.45. The number of carbonyl (C=O) groups excluding carboxylic acids is 1. The molecule has 0 saturated heterocycles. The number of benzene rings is 3. The summed E-state index contributed by atoms with van der Waals surface area (Å²) in [6, 6.07) is 18.7. The van der Waals surface area contributed by atoms with Crippen molar-refractivity contribution in [2.45, 2.75) is 26.6 Å². The summed E-state index contributed by atoms with van der Waals surface area (Å²) in [5.74, 6) is 0.488. The number of rotatable bonds is 8. The number of nitrogens with one attached hydrogen (secondary N) is 2. The quantitative estimate of drug-likeness (QED) is 0.199. The molecule has 5 aromatic rings. The molecular formula is C31H26F3N5O4. The van der Waals surface area contributed by atoms with E-state index in [-0.39, 0.29) is 23.7 Å². The van der Waals surface area contributed by atoms with Gasteiger partial charge < -0.3 is 14.5 Å². The topological polar surface area (TPSA) is 111 Å². The molecule has 2 N–H and O–H groups in total. The van der Waals surface area contributed by atoms with Gasteiger partial charge in [0.2, 0.25) is 0 Å². The zero-order valence-electron chi connectivity index (χ0n) is 23.1. The molecule has 3 aromatic carbocycles. The van der Waals surface area contributed by atoms with Crippen LogP contribution in [-0.2, 0) is 17.5 Å².